The number of nitrogens with two attached hydrogens (primary N) is 1. The molecule has 0 aliphatic carbocycles. The molecule has 0 saturated heterocycles. The number of carbonyl (C=O) groups excluding carboxylic acids is 2. The van der Waals surface area contributed by atoms with Crippen LogP contribution < -0.4 is 11.1 Å². The lowest BCUT2D eigenvalue weighted by Crippen LogP contribution is -2.46. The molecule has 0 aliphatic rings. The normalized spacial score (nSPS) is 13.2. The van der Waals surface area contributed by atoms with Gasteiger partial charge in [-0.1, -0.05) is 62.0 Å². The van der Waals surface area contributed by atoms with E-state index in [1.54, 1.807) is 30.6 Å². The number of pyridine rings is 1. The van der Waals surface area contributed by atoms with E-state index in [2.05, 4.69) is 10.3 Å². The van der Waals surface area contributed by atoms with Crippen LogP contribution in [-0.4, -0.2) is 46.9 Å². The summed E-state index contributed by atoms with van der Waals surface area (Å²) in [6, 6.07) is 18.7. The minimum Gasteiger partial charge on any atom is -0.354 e. The van der Waals surface area contributed by atoms with Crippen LogP contribution in [0.4, 0.5) is 4.39 Å². The highest BCUT2D eigenvalue weighted by Gasteiger charge is 2.35. The SMILES string of the molecule is C.CCN(C(=O)C(c1cccnc1)C(CNC(=O)C(N)Cc1ccccc1F)c1ccccc1)C(C)C. The number of hydrogen-bond donors (Lipinski definition) is 2. The molecule has 7 heteroatoms. The highest BCUT2D eigenvalue weighted by molar-refractivity contribution is 5.86. The molecule has 0 radical (unpaired) electrons. The maximum atomic E-state index is 14.1. The smallest absolute Gasteiger partial charge is 0.237 e. The number of nitrogens with one attached hydrogen (secondary N) is 1. The van der Waals surface area contributed by atoms with Gasteiger partial charge in [0.05, 0.1) is 12.0 Å². The summed E-state index contributed by atoms with van der Waals surface area (Å²) in [4.78, 5) is 33.0. The predicted octanol–water partition coefficient (Wildman–Crippen LogP) is 4.67. The van der Waals surface area contributed by atoms with Crippen molar-refractivity contribution < 1.29 is 14.0 Å². The van der Waals surface area contributed by atoms with Gasteiger partial charge in [-0.05, 0) is 56.0 Å². The lowest BCUT2D eigenvalue weighted by Gasteiger charge is -2.34. The highest BCUT2D eigenvalue weighted by Crippen LogP contribution is 2.34. The molecule has 1 aromatic heterocycles. The molecule has 0 spiro atoms. The Morgan fingerprint density at radius 1 is 1.00 bits per heavy atom. The topological polar surface area (TPSA) is 88.3 Å². The van der Waals surface area contributed by atoms with Crippen LogP contribution >= 0.6 is 0 Å². The van der Waals surface area contributed by atoms with E-state index in [1.807, 2.05) is 68.1 Å². The molecule has 198 valence electrons. The van der Waals surface area contributed by atoms with E-state index in [1.165, 1.54) is 6.07 Å². The third-order valence-electron chi connectivity index (χ3n) is 6.42. The number of amides is 2. The second kappa shape index (κ2) is 14.2. The van der Waals surface area contributed by atoms with E-state index >= 15 is 0 Å². The molecule has 2 aromatic carbocycles. The van der Waals surface area contributed by atoms with E-state index in [0.717, 1.165) is 11.1 Å². The van der Waals surface area contributed by atoms with Gasteiger partial charge in [0, 0.05) is 37.4 Å². The fourth-order valence-corrected chi connectivity index (χ4v) is 4.52. The van der Waals surface area contributed by atoms with E-state index in [4.69, 9.17) is 5.73 Å². The molecule has 37 heavy (non-hydrogen) atoms. The first kappa shape index (κ1) is 29.6. The molecule has 3 atom stereocenters. The van der Waals surface area contributed by atoms with Gasteiger partial charge >= 0.3 is 0 Å². The first-order valence-corrected chi connectivity index (χ1v) is 12.4. The van der Waals surface area contributed by atoms with Gasteiger partial charge in [0.2, 0.25) is 11.8 Å². The number of carbonyl (C=O) groups is 2. The first-order chi connectivity index (χ1) is 17.3. The molecule has 1 heterocycles. The van der Waals surface area contributed by atoms with Crippen molar-refractivity contribution in [2.75, 3.05) is 13.1 Å². The third kappa shape index (κ3) is 7.70. The Morgan fingerprint density at radius 2 is 1.65 bits per heavy atom. The monoisotopic (exact) mass is 506 g/mol. The van der Waals surface area contributed by atoms with Crippen LogP contribution in [0.3, 0.4) is 0 Å². The van der Waals surface area contributed by atoms with Crippen molar-refractivity contribution in [1.29, 1.82) is 0 Å². The molecule has 3 unspecified atom stereocenters. The summed E-state index contributed by atoms with van der Waals surface area (Å²) in [7, 11) is 0. The summed E-state index contributed by atoms with van der Waals surface area (Å²) in [5.74, 6) is -1.74. The van der Waals surface area contributed by atoms with Crippen LogP contribution in [-0.2, 0) is 16.0 Å². The first-order valence-electron chi connectivity index (χ1n) is 12.4. The summed E-state index contributed by atoms with van der Waals surface area (Å²) in [5, 5.41) is 2.93. The Balaban J connectivity index is 0.00000481. The molecular weight excluding hydrogens is 467 g/mol. The Kier molecular flexibility index (Phi) is 11.4. The Morgan fingerprint density at radius 3 is 2.24 bits per heavy atom. The average molecular weight is 507 g/mol. The maximum Gasteiger partial charge on any atom is 0.237 e. The van der Waals surface area contributed by atoms with Crippen LogP contribution in [0.15, 0.2) is 79.1 Å². The summed E-state index contributed by atoms with van der Waals surface area (Å²) >= 11 is 0. The molecule has 0 bridgehead atoms. The molecule has 0 fully saturated rings. The number of hydrogen-bond acceptors (Lipinski definition) is 4. The van der Waals surface area contributed by atoms with Crippen LogP contribution in [0.25, 0.3) is 0 Å². The van der Waals surface area contributed by atoms with Gasteiger partial charge in [0.15, 0.2) is 0 Å². The van der Waals surface area contributed by atoms with E-state index in [-0.39, 0.29) is 38.3 Å². The highest BCUT2D eigenvalue weighted by atomic mass is 19.1. The van der Waals surface area contributed by atoms with Crippen LogP contribution in [0.2, 0.25) is 0 Å². The van der Waals surface area contributed by atoms with E-state index in [9.17, 15) is 14.0 Å². The minimum absolute atomic E-state index is 0. The lowest BCUT2D eigenvalue weighted by atomic mass is 9.80. The lowest BCUT2D eigenvalue weighted by molar-refractivity contribution is -0.135. The minimum atomic E-state index is -0.923. The number of halogens is 1. The molecule has 2 amide bonds. The number of rotatable bonds is 11. The van der Waals surface area contributed by atoms with Crippen molar-refractivity contribution in [1.82, 2.24) is 15.2 Å². The van der Waals surface area contributed by atoms with Gasteiger partial charge in [-0.15, -0.1) is 0 Å². The van der Waals surface area contributed by atoms with Crippen molar-refractivity contribution in [2.24, 2.45) is 5.73 Å². The molecule has 0 aliphatic heterocycles. The van der Waals surface area contributed by atoms with Gasteiger partial charge in [-0.3, -0.25) is 14.6 Å². The zero-order chi connectivity index (χ0) is 26.1. The second-order valence-electron chi connectivity index (χ2n) is 9.15. The zero-order valence-corrected chi connectivity index (χ0v) is 21.1. The summed E-state index contributed by atoms with van der Waals surface area (Å²) in [5.41, 5.74) is 8.22. The van der Waals surface area contributed by atoms with Crippen molar-refractivity contribution in [3.8, 4) is 0 Å². The molecule has 3 rings (SSSR count). The summed E-state index contributed by atoms with van der Waals surface area (Å²) in [6.07, 6.45) is 3.46. The molecule has 6 nitrogen and oxygen atoms in total. The van der Waals surface area contributed by atoms with Crippen molar-refractivity contribution in [3.05, 3.63) is 102 Å². The van der Waals surface area contributed by atoms with Crippen molar-refractivity contribution in [2.45, 2.75) is 58.5 Å². The predicted molar refractivity (Wildman–Crippen MR) is 147 cm³/mol. The quantitative estimate of drug-likeness (QED) is 0.396. The van der Waals surface area contributed by atoms with E-state index in [0.29, 0.717) is 12.1 Å². The van der Waals surface area contributed by atoms with Gasteiger partial charge in [0.25, 0.3) is 0 Å². The summed E-state index contributed by atoms with van der Waals surface area (Å²) < 4.78 is 14.1. The second-order valence-corrected chi connectivity index (χ2v) is 9.15. The number of nitrogens with zero attached hydrogens (tertiary/aromatic N) is 2. The average Bonchev–Trinajstić information content (AvgIpc) is 2.88. The van der Waals surface area contributed by atoms with Gasteiger partial charge < -0.3 is 16.0 Å². The molecular formula is C30H39FN4O2. The fourth-order valence-electron chi connectivity index (χ4n) is 4.52. The number of likely N-dealkylation sites (N-methyl/N-ethyl adjacent to an activating group) is 1. The van der Waals surface area contributed by atoms with Crippen LogP contribution in [0, 0.1) is 5.82 Å². The Bertz CT molecular complexity index is 1120. The van der Waals surface area contributed by atoms with Gasteiger partial charge in [0.1, 0.15) is 5.82 Å². The third-order valence-corrected chi connectivity index (χ3v) is 6.42. The molecule has 3 N–H and O–H groups in total. The van der Waals surface area contributed by atoms with Crippen LogP contribution in [0.5, 0.6) is 0 Å². The fraction of sp³-hybridized carbons (Fsp3) is 0.367. The Hall–Kier alpha value is -3.58. The maximum absolute atomic E-state index is 14.1. The number of aromatic nitrogens is 1. The summed E-state index contributed by atoms with van der Waals surface area (Å²) in [6.45, 7) is 6.69. The van der Waals surface area contributed by atoms with Gasteiger partial charge in [-0.2, -0.15) is 0 Å². The zero-order valence-electron chi connectivity index (χ0n) is 21.1. The van der Waals surface area contributed by atoms with Gasteiger partial charge in [-0.25, -0.2) is 4.39 Å². The van der Waals surface area contributed by atoms with Crippen molar-refractivity contribution in [3.63, 3.8) is 0 Å². The van der Waals surface area contributed by atoms with Crippen LogP contribution in [0.1, 0.15) is 56.7 Å². The Labute approximate surface area is 220 Å². The standard InChI is InChI=1S/C29H35FN4O2.CH4/c1-4-34(20(2)3)29(36)27(23-14-10-16-32-18-23)24(21-11-6-5-7-12-21)19-33-28(35)26(31)17-22-13-8-9-15-25(22)30;/h5-16,18,20,24,26-27H,4,17,19,31H2,1-3H3,(H,33,35);1H4. The molecule has 0 saturated carbocycles. The number of benzene rings is 2. The largest absolute Gasteiger partial charge is 0.354 e. The molecule has 3 aromatic rings. The van der Waals surface area contributed by atoms with Crippen molar-refractivity contribution >= 4 is 11.8 Å². The van der Waals surface area contributed by atoms with E-state index < -0.39 is 23.7 Å².